The highest BCUT2D eigenvalue weighted by atomic mass is 16.6. The zero-order valence-corrected chi connectivity index (χ0v) is 11.7. The van der Waals surface area contributed by atoms with Gasteiger partial charge in [-0.15, -0.1) is 0 Å². The first kappa shape index (κ1) is 13.9. The molecule has 8 heteroatoms. The maximum absolute atomic E-state index is 10.1. The highest BCUT2D eigenvalue weighted by molar-refractivity contribution is 5.86. The second-order valence-corrected chi connectivity index (χ2v) is 5.77. The Kier molecular flexibility index (Phi) is 3.26. The number of aromatic nitrogens is 2. The molecule has 1 aliphatic carbocycles. The Bertz CT molecular complexity index is 686. The molecule has 4 rings (SSSR count). The molecule has 0 amide bonds. The van der Waals surface area contributed by atoms with E-state index in [1.807, 2.05) is 0 Å². The highest BCUT2D eigenvalue weighted by Crippen LogP contribution is 2.38. The third-order valence-corrected chi connectivity index (χ3v) is 4.15. The maximum atomic E-state index is 10.1. The van der Waals surface area contributed by atoms with E-state index in [9.17, 15) is 15.3 Å². The van der Waals surface area contributed by atoms with Crippen molar-refractivity contribution in [1.29, 1.82) is 0 Å². The van der Waals surface area contributed by atoms with Crippen LogP contribution in [0, 0.1) is 0 Å². The Morgan fingerprint density at radius 2 is 2.05 bits per heavy atom. The van der Waals surface area contributed by atoms with E-state index in [1.54, 1.807) is 0 Å². The number of rotatable bonds is 4. The lowest BCUT2D eigenvalue weighted by molar-refractivity contribution is -0.0226. The van der Waals surface area contributed by atoms with Crippen molar-refractivity contribution >= 4 is 16.9 Å². The summed E-state index contributed by atoms with van der Waals surface area (Å²) in [4.78, 5) is 8.39. The van der Waals surface area contributed by atoms with Gasteiger partial charge in [0.1, 0.15) is 36.3 Å². The fourth-order valence-electron chi connectivity index (χ4n) is 2.75. The predicted octanol–water partition coefficient (Wildman–Crippen LogP) is -0.0489. The standard InChI is InChI=1S/C14H17N3O5/c18-3-8-10(19)11(20)12(22-8)7-4-21-13-9(7)15-5-16-14(13)17-6-1-2-6/h4-6,8,10-12,18-20H,1-3H2,(H,15,16,17)/t8-,10-,11-,12+/m1/s1. The number of ether oxygens (including phenoxy) is 1. The van der Waals surface area contributed by atoms with E-state index in [0.717, 1.165) is 12.8 Å². The van der Waals surface area contributed by atoms with Gasteiger partial charge in [0, 0.05) is 11.6 Å². The van der Waals surface area contributed by atoms with Crippen molar-refractivity contribution in [2.45, 2.75) is 43.3 Å². The SMILES string of the molecule is OC[C@H]1O[C@@H](c2coc3c(NC4CC4)ncnc23)[C@H](O)[C@@H]1O. The molecule has 0 spiro atoms. The maximum Gasteiger partial charge on any atom is 0.194 e. The molecule has 8 nitrogen and oxygen atoms in total. The van der Waals surface area contributed by atoms with Crippen molar-refractivity contribution in [2.75, 3.05) is 11.9 Å². The summed E-state index contributed by atoms with van der Waals surface area (Å²) in [5.41, 5.74) is 1.58. The Morgan fingerprint density at radius 1 is 1.23 bits per heavy atom. The first-order valence-electron chi connectivity index (χ1n) is 7.30. The van der Waals surface area contributed by atoms with Gasteiger partial charge in [0.05, 0.1) is 12.9 Å². The second kappa shape index (κ2) is 5.17. The van der Waals surface area contributed by atoms with Gasteiger partial charge < -0.3 is 29.8 Å². The molecule has 0 bridgehead atoms. The molecule has 3 heterocycles. The zero-order chi connectivity index (χ0) is 15.3. The number of nitrogens with one attached hydrogen (secondary N) is 1. The van der Waals surface area contributed by atoms with Crippen LogP contribution in [-0.2, 0) is 4.74 Å². The van der Waals surface area contributed by atoms with Crippen LogP contribution in [0.25, 0.3) is 11.1 Å². The summed E-state index contributed by atoms with van der Waals surface area (Å²) in [6.45, 7) is -0.367. The van der Waals surface area contributed by atoms with E-state index in [-0.39, 0.29) is 6.61 Å². The van der Waals surface area contributed by atoms with E-state index in [2.05, 4.69) is 15.3 Å². The van der Waals surface area contributed by atoms with Crippen molar-refractivity contribution < 1.29 is 24.5 Å². The minimum Gasteiger partial charge on any atom is -0.458 e. The Morgan fingerprint density at radius 3 is 2.73 bits per heavy atom. The quantitative estimate of drug-likeness (QED) is 0.620. The fraction of sp³-hybridized carbons (Fsp3) is 0.571. The largest absolute Gasteiger partial charge is 0.458 e. The monoisotopic (exact) mass is 307 g/mol. The molecule has 1 saturated heterocycles. The molecule has 118 valence electrons. The molecule has 2 aliphatic rings. The molecule has 4 atom stereocenters. The van der Waals surface area contributed by atoms with Crippen LogP contribution in [-0.4, -0.2) is 56.2 Å². The second-order valence-electron chi connectivity index (χ2n) is 5.77. The molecule has 0 unspecified atom stereocenters. The van der Waals surface area contributed by atoms with Crippen molar-refractivity contribution in [3.8, 4) is 0 Å². The summed E-state index contributed by atoms with van der Waals surface area (Å²) < 4.78 is 11.1. The van der Waals surface area contributed by atoms with Crippen LogP contribution >= 0.6 is 0 Å². The number of fused-ring (bicyclic) bond motifs is 1. The third kappa shape index (κ3) is 2.15. The molecule has 2 aromatic rings. The molecule has 0 radical (unpaired) electrons. The summed E-state index contributed by atoms with van der Waals surface area (Å²) in [7, 11) is 0. The van der Waals surface area contributed by atoms with Crippen LogP contribution in [0.2, 0.25) is 0 Å². The average molecular weight is 307 g/mol. The first-order valence-corrected chi connectivity index (χ1v) is 7.30. The van der Waals surface area contributed by atoms with Gasteiger partial charge in [0.15, 0.2) is 11.4 Å². The number of aliphatic hydroxyl groups is 3. The molecule has 0 aromatic carbocycles. The minimum absolute atomic E-state index is 0.367. The zero-order valence-electron chi connectivity index (χ0n) is 11.7. The summed E-state index contributed by atoms with van der Waals surface area (Å²) in [6.07, 6.45) is 1.18. The smallest absolute Gasteiger partial charge is 0.194 e. The first-order chi connectivity index (χ1) is 10.7. The predicted molar refractivity (Wildman–Crippen MR) is 75.2 cm³/mol. The lowest BCUT2D eigenvalue weighted by Crippen LogP contribution is -2.32. The lowest BCUT2D eigenvalue weighted by atomic mass is 10.0. The molecule has 22 heavy (non-hydrogen) atoms. The number of aliphatic hydroxyl groups excluding tert-OH is 3. The molecule has 2 fully saturated rings. The number of anilines is 1. The molecular weight excluding hydrogens is 290 g/mol. The van der Waals surface area contributed by atoms with Crippen molar-refractivity contribution in [1.82, 2.24) is 9.97 Å². The van der Waals surface area contributed by atoms with E-state index in [4.69, 9.17) is 9.15 Å². The van der Waals surface area contributed by atoms with Crippen molar-refractivity contribution in [3.63, 3.8) is 0 Å². The Balaban J connectivity index is 1.70. The van der Waals surface area contributed by atoms with Crippen LogP contribution in [0.5, 0.6) is 0 Å². The summed E-state index contributed by atoms with van der Waals surface area (Å²) >= 11 is 0. The van der Waals surface area contributed by atoms with Gasteiger partial charge in [-0.2, -0.15) is 0 Å². The molecule has 2 aromatic heterocycles. The van der Waals surface area contributed by atoms with Gasteiger partial charge in [0.2, 0.25) is 0 Å². The number of nitrogens with zero attached hydrogens (tertiary/aromatic N) is 2. The van der Waals surface area contributed by atoms with Crippen LogP contribution in [0.4, 0.5) is 5.82 Å². The van der Waals surface area contributed by atoms with Crippen molar-refractivity contribution in [3.05, 3.63) is 18.2 Å². The van der Waals surface area contributed by atoms with Crippen LogP contribution < -0.4 is 5.32 Å². The highest BCUT2D eigenvalue weighted by Gasteiger charge is 2.44. The number of hydrogen-bond acceptors (Lipinski definition) is 8. The van der Waals surface area contributed by atoms with Gasteiger partial charge in [-0.3, -0.25) is 0 Å². The van der Waals surface area contributed by atoms with Crippen molar-refractivity contribution in [2.24, 2.45) is 0 Å². The summed E-state index contributed by atoms with van der Waals surface area (Å²) in [6, 6.07) is 0.417. The number of hydrogen-bond donors (Lipinski definition) is 4. The molecule has 4 N–H and O–H groups in total. The van der Waals surface area contributed by atoms with Crippen LogP contribution in [0.1, 0.15) is 24.5 Å². The van der Waals surface area contributed by atoms with Gasteiger partial charge >= 0.3 is 0 Å². The van der Waals surface area contributed by atoms with Gasteiger partial charge in [-0.25, -0.2) is 9.97 Å². The van der Waals surface area contributed by atoms with E-state index in [1.165, 1.54) is 12.6 Å². The van der Waals surface area contributed by atoms with Gasteiger partial charge in [-0.1, -0.05) is 0 Å². The van der Waals surface area contributed by atoms with Crippen LogP contribution in [0.3, 0.4) is 0 Å². The van der Waals surface area contributed by atoms with Gasteiger partial charge in [0.25, 0.3) is 0 Å². The van der Waals surface area contributed by atoms with Gasteiger partial charge in [-0.05, 0) is 12.8 Å². The molecule has 1 aliphatic heterocycles. The topological polar surface area (TPSA) is 121 Å². The Labute approximate surface area is 125 Å². The third-order valence-electron chi connectivity index (χ3n) is 4.15. The normalized spacial score (nSPS) is 31.8. The molecule has 1 saturated carbocycles. The fourth-order valence-corrected chi connectivity index (χ4v) is 2.75. The lowest BCUT2D eigenvalue weighted by Gasteiger charge is -2.12. The summed E-state index contributed by atoms with van der Waals surface area (Å²) in [5.74, 6) is 0.616. The van der Waals surface area contributed by atoms with Crippen LogP contribution in [0.15, 0.2) is 17.0 Å². The average Bonchev–Trinajstić information content (AvgIpc) is 3.16. The molecular formula is C14H17N3O5. The Hall–Kier alpha value is -1.74. The summed E-state index contributed by atoms with van der Waals surface area (Å²) in [5, 5.41) is 32.4. The van der Waals surface area contributed by atoms with E-state index in [0.29, 0.717) is 28.5 Å². The van der Waals surface area contributed by atoms with E-state index < -0.39 is 24.4 Å². The van der Waals surface area contributed by atoms with E-state index >= 15 is 0 Å². The minimum atomic E-state index is -1.15. The number of furan rings is 1.